The van der Waals surface area contributed by atoms with E-state index in [1.807, 2.05) is 0 Å². The first-order valence-electron chi connectivity index (χ1n) is 13.5. The topological polar surface area (TPSA) is 96.2 Å². The molecule has 5 rings (SSSR count). The number of hydrogen-bond acceptors (Lipinski definition) is 5. The summed E-state index contributed by atoms with van der Waals surface area (Å²) in [6, 6.07) is 37.6. The molecule has 0 aliphatic heterocycles. The van der Waals surface area contributed by atoms with Gasteiger partial charge in [-0.3, -0.25) is 19.8 Å². The van der Waals surface area contributed by atoms with Gasteiger partial charge in [-0.15, -0.1) is 0 Å². The number of hydrogen-bond donors (Lipinski definition) is 3. The maximum absolute atomic E-state index is 12.2. The van der Waals surface area contributed by atoms with Crippen LogP contribution in [-0.2, 0) is 9.47 Å². The number of rotatable bonds is 13. The van der Waals surface area contributed by atoms with Gasteiger partial charge in [0.1, 0.15) is 0 Å². The van der Waals surface area contributed by atoms with Crippen molar-refractivity contribution in [2.75, 3.05) is 44.5 Å². The van der Waals surface area contributed by atoms with Crippen LogP contribution >= 0.6 is 7.26 Å². The van der Waals surface area contributed by atoms with Gasteiger partial charge < -0.3 is 0 Å². The fourth-order valence-electron chi connectivity index (χ4n) is 5.28. The molecule has 8 heteroatoms. The van der Waals surface area contributed by atoms with Gasteiger partial charge in [-0.2, -0.15) is 0 Å². The van der Waals surface area contributed by atoms with Crippen LogP contribution in [0.5, 0.6) is 0 Å². The maximum atomic E-state index is 12.2. The van der Waals surface area contributed by atoms with E-state index in [1.54, 1.807) is 18.2 Å². The Morgan fingerprint density at radius 1 is 0.575 bits per heavy atom. The Balaban J connectivity index is 1.17. The molecule has 1 heterocycles. The summed E-state index contributed by atoms with van der Waals surface area (Å²) in [5.41, 5.74) is -0.0626. The number of aromatic nitrogens is 2. The summed E-state index contributed by atoms with van der Waals surface area (Å²) in [5.74, 6) is 0. The summed E-state index contributed by atoms with van der Waals surface area (Å²) >= 11 is 0. The van der Waals surface area contributed by atoms with Crippen molar-refractivity contribution in [3.05, 3.63) is 130 Å². The van der Waals surface area contributed by atoms with Crippen molar-refractivity contribution >= 4 is 39.6 Å². The van der Waals surface area contributed by atoms with Gasteiger partial charge in [0, 0.05) is 0 Å². The van der Waals surface area contributed by atoms with Crippen LogP contribution in [-0.4, -0.2) is 49.3 Å². The summed E-state index contributed by atoms with van der Waals surface area (Å²) in [6.07, 6.45) is 0.918. The molecule has 0 spiro atoms. The number of ether oxygens (including phenoxy) is 2. The third-order valence-electron chi connectivity index (χ3n) is 7.18. The average molecular weight is 556 g/mol. The summed E-state index contributed by atoms with van der Waals surface area (Å²) in [4.78, 5) is 24.2. The molecular weight excluding hydrogens is 521 g/mol. The van der Waals surface area contributed by atoms with Crippen molar-refractivity contribution in [3.63, 3.8) is 0 Å². The van der Waals surface area contributed by atoms with E-state index in [4.69, 9.17) is 9.47 Å². The van der Waals surface area contributed by atoms with E-state index >= 15 is 0 Å². The molecule has 3 N–H and O–H groups in total. The van der Waals surface area contributed by atoms with E-state index in [9.17, 15) is 9.59 Å². The molecule has 0 saturated carbocycles. The first-order chi connectivity index (χ1) is 19.7. The number of H-pyrrole nitrogens is 2. The zero-order valence-electron chi connectivity index (χ0n) is 22.3. The second-order valence-corrected chi connectivity index (χ2v) is 13.6. The average Bonchev–Trinajstić information content (AvgIpc) is 3.01. The van der Waals surface area contributed by atoms with Gasteiger partial charge in [-0.05, 0) is 6.07 Å². The minimum Gasteiger partial charge on any atom is -0.0484 e. The van der Waals surface area contributed by atoms with Gasteiger partial charge in [0.25, 0.3) is 5.56 Å². The van der Waals surface area contributed by atoms with E-state index in [0.717, 1.165) is 6.16 Å². The zero-order valence-corrected chi connectivity index (χ0v) is 23.3. The number of anilines is 1. The normalized spacial score (nSPS) is 11.9. The first kappa shape index (κ1) is 27.5. The molecule has 0 radical (unpaired) electrons. The van der Waals surface area contributed by atoms with Crippen LogP contribution < -0.4 is 32.3 Å². The van der Waals surface area contributed by atoms with Gasteiger partial charge in [0.15, 0.2) is 0 Å². The minimum atomic E-state index is -2.30. The van der Waals surface area contributed by atoms with Crippen molar-refractivity contribution in [2.24, 2.45) is 0 Å². The molecule has 1 aromatic heterocycles. The summed E-state index contributed by atoms with van der Waals surface area (Å²) in [7, 11) is -2.30. The van der Waals surface area contributed by atoms with E-state index < -0.39 is 7.26 Å². The van der Waals surface area contributed by atoms with E-state index in [0.29, 0.717) is 49.4 Å². The molecule has 0 amide bonds. The predicted octanol–water partition coefficient (Wildman–Crippen LogP) is 3.39. The smallest absolute Gasteiger partial charge is 0.0484 e. The van der Waals surface area contributed by atoms with Gasteiger partial charge >= 0.3 is 202 Å². The van der Waals surface area contributed by atoms with Crippen molar-refractivity contribution in [1.82, 2.24) is 10.2 Å². The van der Waals surface area contributed by atoms with Gasteiger partial charge in [-0.1, -0.05) is 0 Å². The first-order valence-corrected chi connectivity index (χ1v) is 15.7. The van der Waals surface area contributed by atoms with Crippen molar-refractivity contribution in [2.45, 2.75) is 0 Å². The van der Waals surface area contributed by atoms with Crippen LogP contribution in [0.25, 0.3) is 10.8 Å². The Hall–Kier alpha value is -4.03. The minimum absolute atomic E-state index is 0.328. The fraction of sp³-hybridized carbons (Fsp3) is 0.188. The van der Waals surface area contributed by atoms with Gasteiger partial charge in [0.05, 0.1) is 0 Å². The molecule has 0 saturated heterocycles. The Bertz CT molecular complexity index is 1530. The Kier molecular flexibility index (Phi) is 9.19. The van der Waals surface area contributed by atoms with Crippen molar-refractivity contribution < 1.29 is 9.47 Å². The molecule has 0 atom stereocenters. The second-order valence-electron chi connectivity index (χ2n) is 9.54. The standard InChI is InChI=1S/C32H34N3O4P/c36-31-28-17-10-18-29(30(28)32(37)35-34-31)33-19-20-38-21-22-39-23-24-40(25-11-4-1-5-12-25,26-13-6-2-7-14-26)27-15-8-3-9-16-27/h1-18,33,40H,19-24H2,(H,34,36)(H,35,37). The van der Waals surface area contributed by atoms with Crippen LogP contribution in [0, 0.1) is 0 Å². The van der Waals surface area contributed by atoms with E-state index in [1.165, 1.54) is 15.9 Å². The summed E-state index contributed by atoms with van der Waals surface area (Å²) < 4.78 is 11.9. The molecule has 0 bridgehead atoms. The third kappa shape index (κ3) is 6.07. The van der Waals surface area contributed by atoms with Crippen molar-refractivity contribution in [3.8, 4) is 0 Å². The third-order valence-corrected chi connectivity index (χ3v) is 12.1. The molecule has 4 aromatic carbocycles. The molecule has 5 aromatic rings. The molecule has 0 aliphatic rings. The number of nitrogens with one attached hydrogen (secondary N) is 3. The Morgan fingerprint density at radius 3 is 1.68 bits per heavy atom. The van der Waals surface area contributed by atoms with Crippen LogP contribution in [0.2, 0.25) is 0 Å². The number of fused-ring (bicyclic) bond motifs is 1. The molecule has 7 nitrogen and oxygen atoms in total. The number of benzene rings is 4. The van der Waals surface area contributed by atoms with Crippen LogP contribution in [0.3, 0.4) is 0 Å². The van der Waals surface area contributed by atoms with Crippen LogP contribution in [0.4, 0.5) is 5.69 Å². The predicted molar refractivity (Wildman–Crippen MR) is 167 cm³/mol. The monoisotopic (exact) mass is 555 g/mol. The second kappa shape index (κ2) is 13.4. The molecule has 0 unspecified atom stereocenters. The van der Waals surface area contributed by atoms with Gasteiger partial charge in [0.2, 0.25) is 0 Å². The number of aromatic amines is 2. The summed E-state index contributed by atoms with van der Waals surface area (Å²) in [6.45, 7) is 2.52. The molecular formula is C32H34N3O4P. The summed E-state index contributed by atoms with van der Waals surface area (Å²) in [5, 5.41) is 12.7. The zero-order chi connectivity index (χ0) is 27.6. The quantitative estimate of drug-likeness (QED) is 0.153. The Morgan fingerprint density at radius 2 is 1.10 bits per heavy atom. The van der Waals surface area contributed by atoms with Gasteiger partial charge in [-0.25, -0.2) is 0 Å². The Labute approximate surface area is 233 Å². The van der Waals surface area contributed by atoms with Crippen molar-refractivity contribution in [1.29, 1.82) is 0 Å². The van der Waals surface area contributed by atoms with E-state index in [2.05, 4.69) is 107 Å². The van der Waals surface area contributed by atoms with Crippen LogP contribution in [0.15, 0.2) is 119 Å². The molecule has 0 aliphatic carbocycles. The molecule has 0 fully saturated rings. The molecule has 206 valence electrons. The molecule has 40 heavy (non-hydrogen) atoms. The van der Waals surface area contributed by atoms with Crippen LogP contribution in [0.1, 0.15) is 0 Å². The SMILES string of the molecule is O=c1[nH][nH]c(=O)c2c(NCCOCCOCC[PH](c3ccccc3)(c3ccccc3)c3ccccc3)cccc12. The fourth-order valence-corrected chi connectivity index (χ4v) is 9.88. The van der Waals surface area contributed by atoms with E-state index in [-0.39, 0.29) is 11.1 Å².